The van der Waals surface area contributed by atoms with Gasteiger partial charge in [0, 0.05) is 38.3 Å². The van der Waals surface area contributed by atoms with E-state index in [-0.39, 0.29) is 6.04 Å². The predicted molar refractivity (Wildman–Crippen MR) is 78.3 cm³/mol. The van der Waals surface area contributed by atoms with Crippen molar-refractivity contribution < 1.29 is 14.2 Å². The zero-order valence-electron chi connectivity index (χ0n) is 12.5. The monoisotopic (exact) mass is 280 g/mol. The summed E-state index contributed by atoms with van der Waals surface area (Å²) in [5, 5.41) is 0. The summed E-state index contributed by atoms with van der Waals surface area (Å²) >= 11 is 0. The summed E-state index contributed by atoms with van der Waals surface area (Å²) in [6.45, 7) is 2.76. The number of rotatable bonds is 6. The van der Waals surface area contributed by atoms with Gasteiger partial charge in [-0.15, -0.1) is 0 Å². The highest BCUT2D eigenvalue weighted by atomic mass is 16.5. The maximum absolute atomic E-state index is 6.34. The number of hydrogen-bond donors (Lipinski definition) is 1. The second-order valence-corrected chi connectivity index (χ2v) is 5.12. The summed E-state index contributed by atoms with van der Waals surface area (Å²) in [6.07, 6.45) is 1.40. The van der Waals surface area contributed by atoms with Gasteiger partial charge in [0.05, 0.1) is 20.3 Å². The Bertz CT molecular complexity index is 439. The Balaban J connectivity index is 2.06. The number of nitrogens with zero attached hydrogens (tertiary/aromatic N) is 1. The first kappa shape index (κ1) is 15.1. The van der Waals surface area contributed by atoms with Crippen LogP contribution in [0.15, 0.2) is 18.2 Å². The Morgan fingerprint density at radius 3 is 2.70 bits per heavy atom. The molecule has 5 nitrogen and oxygen atoms in total. The van der Waals surface area contributed by atoms with Gasteiger partial charge in [-0.1, -0.05) is 0 Å². The quantitative estimate of drug-likeness (QED) is 0.854. The molecule has 1 saturated heterocycles. The molecule has 5 heteroatoms. The third-order valence-electron chi connectivity index (χ3n) is 3.85. The molecule has 112 valence electrons. The van der Waals surface area contributed by atoms with Crippen molar-refractivity contribution in [2.75, 3.05) is 41.0 Å². The van der Waals surface area contributed by atoms with Crippen LogP contribution in [-0.4, -0.2) is 52.0 Å². The van der Waals surface area contributed by atoms with Crippen LogP contribution in [0.4, 0.5) is 0 Å². The summed E-state index contributed by atoms with van der Waals surface area (Å²) in [5.41, 5.74) is 7.32. The van der Waals surface area contributed by atoms with Crippen molar-refractivity contribution in [1.29, 1.82) is 0 Å². The number of methoxy groups -OCH3 is 3. The molecule has 1 aliphatic rings. The van der Waals surface area contributed by atoms with E-state index in [1.54, 1.807) is 21.3 Å². The number of benzene rings is 1. The fourth-order valence-electron chi connectivity index (χ4n) is 2.66. The molecule has 1 fully saturated rings. The summed E-state index contributed by atoms with van der Waals surface area (Å²) in [4.78, 5) is 2.33. The van der Waals surface area contributed by atoms with E-state index in [0.717, 1.165) is 43.1 Å². The Morgan fingerprint density at radius 1 is 1.30 bits per heavy atom. The molecule has 0 radical (unpaired) electrons. The molecular formula is C15H24N2O3. The maximum atomic E-state index is 6.34. The third-order valence-corrected chi connectivity index (χ3v) is 3.85. The van der Waals surface area contributed by atoms with E-state index in [0.29, 0.717) is 6.10 Å². The molecule has 0 saturated carbocycles. The van der Waals surface area contributed by atoms with Gasteiger partial charge < -0.3 is 19.9 Å². The van der Waals surface area contributed by atoms with Crippen molar-refractivity contribution in [1.82, 2.24) is 4.90 Å². The fourth-order valence-corrected chi connectivity index (χ4v) is 2.66. The molecule has 0 spiro atoms. The van der Waals surface area contributed by atoms with E-state index in [2.05, 4.69) is 4.90 Å². The molecule has 0 aromatic heterocycles. The lowest BCUT2D eigenvalue weighted by molar-refractivity contribution is 0.107. The first-order chi connectivity index (χ1) is 9.67. The van der Waals surface area contributed by atoms with Crippen LogP contribution in [0.5, 0.6) is 11.5 Å². The van der Waals surface area contributed by atoms with Crippen molar-refractivity contribution in [3.8, 4) is 11.5 Å². The molecular weight excluding hydrogens is 256 g/mol. The van der Waals surface area contributed by atoms with Gasteiger partial charge in [-0.25, -0.2) is 0 Å². The molecule has 1 heterocycles. The molecule has 0 bridgehead atoms. The topological polar surface area (TPSA) is 57.0 Å². The number of ether oxygens (including phenoxy) is 3. The van der Waals surface area contributed by atoms with Crippen molar-refractivity contribution in [2.45, 2.75) is 18.6 Å². The van der Waals surface area contributed by atoms with E-state index >= 15 is 0 Å². The van der Waals surface area contributed by atoms with Crippen LogP contribution >= 0.6 is 0 Å². The lowest BCUT2D eigenvalue weighted by atomic mass is 10.1. The molecule has 1 aromatic carbocycles. The maximum Gasteiger partial charge on any atom is 0.123 e. The van der Waals surface area contributed by atoms with Crippen LogP contribution in [0.3, 0.4) is 0 Å². The second-order valence-electron chi connectivity index (χ2n) is 5.12. The van der Waals surface area contributed by atoms with E-state index < -0.39 is 0 Å². The van der Waals surface area contributed by atoms with Crippen molar-refractivity contribution in [3.63, 3.8) is 0 Å². The molecule has 20 heavy (non-hydrogen) atoms. The molecule has 0 amide bonds. The van der Waals surface area contributed by atoms with Crippen molar-refractivity contribution >= 4 is 0 Å². The highest BCUT2D eigenvalue weighted by molar-refractivity contribution is 5.42. The van der Waals surface area contributed by atoms with Gasteiger partial charge in [0.15, 0.2) is 0 Å². The normalized spacial score (nSPS) is 20.9. The predicted octanol–water partition coefficient (Wildman–Crippen LogP) is 1.42. The fraction of sp³-hybridized carbons (Fsp3) is 0.600. The van der Waals surface area contributed by atoms with Crippen LogP contribution in [0.1, 0.15) is 18.0 Å². The minimum absolute atomic E-state index is 0.101. The van der Waals surface area contributed by atoms with Crippen LogP contribution in [0, 0.1) is 0 Å². The van der Waals surface area contributed by atoms with Crippen molar-refractivity contribution in [3.05, 3.63) is 23.8 Å². The third kappa shape index (κ3) is 3.42. The summed E-state index contributed by atoms with van der Waals surface area (Å²) in [5.74, 6) is 1.60. The van der Waals surface area contributed by atoms with E-state index in [1.165, 1.54) is 0 Å². The van der Waals surface area contributed by atoms with E-state index in [4.69, 9.17) is 19.9 Å². The largest absolute Gasteiger partial charge is 0.497 e. The Kier molecular flexibility index (Phi) is 5.23. The van der Waals surface area contributed by atoms with Gasteiger partial charge in [-0.2, -0.15) is 0 Å². The van der Waals surface area contributed by atoms with Gasteiger partial charge in [0.2, 0.25) is 0 Å². The SMILES string of the molecule is COc1ccc(OC)c(C(N)CN2CCC(OC)C2)c1. The first-order valence-corrected chi connectivity index (χ1v) is 6.90. The van der Waals surface area contributed by atoms with Crippen molar-refractivity contribution in [2.24, 2.45) is 5.73 Å². The van der Waals surface area contributed by atoms with Crippen LogP contribution in [0.2, 0.25) is 0 Å². The number of likely N-dealkylation sites (tertiary alicyclic amines) is 1. The zero-order chi connectivity index (χ0) is 14.5. The van der Waals surface area contributed by atoms with E-state index in [9.17, 15) is 0 Å². The zero-order valence-corrected chi connectivity index (χ0v) is 12.5. The summed E-state index contributed by atoms with van der Waals surface area (Å²) < 4.78 is 16.0. The minimum atomic E-state index is -0.101. The second kappa shape index (κ2) is 6.92. The first-order valence-electron chi connectivity index (χ1n) is 6.90. The molecule has 2 atom stereocenters. The highest BCUT2D eigenvalue weighted by Crippen LogP contribution is 2.29. The molecule has 2 N–H and O–H groups in total. The lowest BCUT2D eigenvalue weighted by Crippen LogP contribution is -2.31. The average molecular weight is 280 g/mol. The van der Waals surface area contributed by atoms with Gasteiger partial charge in [0.1, 0.15) is 11.5 Å². The van der Waals surface area contributed by atoms with Gasteiger partial charge in [-0.3, -0.25) is 4.90 Å². The van der Waals surface area contributed by atoms with Gasteiger partial charge >= 0.3 is 0 Å². The Morgan fingerprint density at radius 2 is 2.10 bits per heavy atom. The Labute approximate surface area is 120 Å². The highest BCUT2D eigenvalue weighted by Gasteiger charge is 2.24. The molecule has 0 aliphatic carbocycles. The number of hydrogen-bond acceptors (Lipinski definition) is 5. The lowest BCUT2D eigenvalue weighted by Gasteiger charge is -2.22. The minimum Gasteiger partial charge on any atom is -0.497 e. The molecule has 1 aromatic rings. The van der Waals surface area contributed by atoms with E-state index in [1.807, 2.05) is 18.2 Å². The van der Waals surface area contributed by atoms with Gasteiger partial charge in [0.25, 0.3) is 0 Å². The summed E-state index contributed by atoms with van der Waals surface area (Å²) in [6, 6.07) is 5.63. The van der Waals surface area contributed by atoms with Crippen LogP contribution < -0.4 is 15.2 Å². The molecule has 1 aliphatic heterocycles. The summed E-state index contributed by atoms with van der Waals surface area (Å²) in [7, 11) is 5.08. The Hall–Kier alpha value is -1.30. The molecule has 2 rings (SSSR count). The smallest absolute Gasteiger partial charge is 0.123 e. The number of nitrogens with two attached hydrogens (primary N) is 1. The average Bonchev–Trinajstić information content (AvgIpc) is 2.94. The van der Waals surface area contributed by atoms with Gasteiger partial charge in [-0.05, 0) is 24.6 Å². The molecule has 2 unspecified atom stereocenters. The van der Waals surface area contributed by atoms with Crippen LogP contribution in [0.25, 0.3) is 0 Å². The van der Waals surface area contributed by atoms with Crippen LogP contribution in [-0.2, 0) is 4.74 Å². The standard InChI is InChI=1S/C15H24N2O3/c1-18-11-4-5-15(20-3)13(8-11)14(16)10-17-7-6-12(9-17)19-2/h4-5,8,12,14H,6-7,9-10,16H2,1-3H3.